The van der Waals surface area contributed by atoms with E-state index in [0.717, 1.165) is 6.42 Å². The van der Waals surface area contributed by atoms with E-state index in [0.29, 0.717) is 30.0 Å². The van der Waals surface area contributed by atoms with Crippen molar-refractivity contribution >= 4 is 17.7 Å². The Hall–Kier alpha value is -3.55. The van der Waals surface area contributed by atoms with Crippen LogP contribution in [0.15, 0.2) is 54.6 Å². The summed E-state index contributed by atoms with van der Waals surface area (Å²) in [4.78, 5) is 38.8. The SMILES string of the molecule is COc1ccc(C(=O)NCCNC(=O)[C@H]2CCCN2C(=O)COc2ccccc2)cc1. The molecule has 0 bridgehead atoms. The molecule has 1 fully saturated rings. The van der Waals surface area contributed by atoms with E-state index < -0.39 is 6.04 Å². The number of nitrogens with one attached hydrogen (secondary N) is 2. The number of methoxy groups -OCH3 is 1. The summed E-state index contributed by atoms with van der Waals surface area (Å²) in [5.41, 5.74) is 0.512. The lowest BCUT2D eigenvalue weighted by atomic mass is 10.2. The number of carbonyl (C=O) groups excluding carboxylic acids is 3. The molecule has 0 aromatic heterocycles. The number of para-hydroxylation sites is 1. The zero-order valence-corrected chi connectivity index (χ0v) is 17.5. The lowest BCUT2D eigenvalue weighted by Crippen LogP contribution is -2.48. The Labute approximate surface area is 181 Å². The van der Waals surface area contributed by atoms with Crippen LogP contribution in [0.4, 0.5) is 0 Å². The van der Waals surface area contributed by atoms with Gasteiger partial charge >= 0.3 is 0 Å². The number of hydrogen-bond donors (Lipinski definition) is 2. The first-order valence-corrected chi connectivity index (χ1v) is 10.3. The van der Waals surface area contributed by atoms with Gasteiger partial charge in [0.15, 0.2) is 6.61 Å². The van der Waals surface area contributed by atoms with Gasteiger partial charge in [-0.3, -0.25) is 14.4 Å². The molecule has 1 saturated heterocycles. The molecule has 0 aliphatic carbocycles. The van der Waals surface area contributed by atoms with Gasteiger partial charge < -0.3 is 25.0 Å². The summed E-state index contributed by atoms with van der Waals surface area (Å²) in [7, 11) is 1.56. The fourth-order valence-electron chi connectivity index (χ4n) is 3.41. The van der Waals surface area contributed by atoms with E-state index in [1.54, 1.807) is 48.4 Å². The molecule has 8 heteroatoms. The molecule has 0 radical (unpaired) electrons. The Balaban J connectivity index is 1.40. The summed E-state index contributed by atoms with van der Waals surface area (Å²) in [6.07, 6.45) is 1.38. The van der Waals surface area contributed by atoms with E-state index in [1.165, 1.54) is 0 Å². The van der Waals surface area contributed by atoms with E-state index >= 15 is 0 Å². The predicted octanol–water partition coefficient (Wildman–Crippen LogP) is 1.61. The smallest absolute Gasteiger partial charge is 0.261 e. The molecule has 1 heterocycles. The maximum Gasteiger partial charge on any atom is 0.261 e. The summed E-state index contributed by atoms with van der Waals surface area (Å²) >= 11 is 0. The van der Waals surface area contributed by atoms with Crippen molar-refractivity contribution in [3.63, 3.8) is 0 Å². The minimum atomic E-state index is -0.510. The third-order valence-corrected chi connectivity index (χ3v) is 5.04. The van der Waals surface area contributed by atoms with Crippen molar-refractivity contribution in [3.8, 4) is 11.5 Å². The highest BCUT2D eigenvalue weighted by atomic mass is 16.5. The molecule has 1 aliphatic heterocycles. The molecule has 8 nitrogen and oxygen atoms in total. The maximum atomic E-state index is 12.5. The Morgan fingerprint density at radius 2 is 1.68 bits per heavy atom. The number of likely N-dealkylation sites (tertiary alicyclic amines) is 1. The number of amides is 3. The molecule has 3 amide bonds. The van der Waals surface area contributed by atoms with Crippen LogP contribution in [0.25, 0.3) is 0 Å². The largest absolute Gasteiger partial charge is 0.497 e. The van der Waals surface area contributed by atoms with Crippen molar-refractivity contribution in [3.05, 3.63) is 60.2 Å². The minimum absolute atomic E-state index is 0.105. The van der Waals surface area contributed by atoms with Crippen LogP contribution in [-0.4, -0.2) is 62.0 Å². The number of nitrogens with zero attached hydrogens (tertiary/aromatic N) is 1. The van der Waals surface area contributed by atoms with Gasteiger partial charge in [0, 0.05) is 25.2 Å². The van der Waals surface area contributed by atoms with Crippen molar-refractivity contribution in [2.75, 3.05) is 33.4 Å². The van der Waals surface area contributed by atoms with Crippen LogP contribution in [0.5, 0.6) is 11.5 Å². The van der Waals surface area contributed by atoms with Crippen LogP contribution >= 0.6 is 0 Å². The second-order valence-electron chi connectivity index (χ2n) is 7.12. The van der Waals surface area contributed by atoms with Crippen LogP contribution in [-0.2, 0) is 9.59 Å². The summed E-state index contributed by atoms with van der Waals surface area (Å²) < 4.78 is 10.6. The topological polar surface area (TPSA) is 97.0 Å². The number of hydrogen-bond acceptors (Lipinski definition) is 5. The lowest BCUT2D eigenvalue weighted by molar-refractivity contribution is -0.139. The molecular weight excluding hydrogens is 398 g/mol. The van der Waals surface area contributed by atoms with Crippen molar-refractivity contribution in [2.45, 2.75) is 18.9 Å². The highest BCUT2D eigenvalue weighted by Gasteiger charge is 2.33. The average Bonchev–Trinajstić information content (AvgIpc) is 3.31. The quantitative estimate of drug-likeness (QED) is 0.595. The highest BCUT2D eigenvalue weighted by molar-refractivity contribution is 5.94. The molecule has 2 aromatic carbocycles. The van der Waals surface area contributed by atoms with Gasteiger partial charge in [0.1, 0.15) is 17.5 Å². The molecule has 1 atom stereocenters. The van der Waals surface area contributed by atoms with Crippen LogP contribution in [0.2, 0.25) is 0 Å². The van der Waals surface area contributed by atoms with Crippen molar-refractivity contribution in [2.24, 2.45) is 0 Å². The highest BCUT2D eigenvalue weighted by Crippen LogP contribution is 2.18. The lowest BCUT2D eigenvalue weighted by Gasteiger charge is -2.24. The maximum absolute atomic E-state index is 12.5. The predicted molar refractivity (Wildman–Crippen MR) is 115 cm³/mol. The molecule has 31 heavy (non-hydrogen) atoms. The van der Waals surface area contributed by atoms with Gasteiger partial charge in [0.2, 0.25) is 5.91 Å². The fourth-order valence-corrected chi connectivity index (χ4v) is 3.41. The first-order valence-electron chi connectivity index (χ1n) is 10.3. The van der Waals surface area contributed by atoms with E-state index in [9.17, 15) is 14.4 Å². The molecule has 2 aromatic rings. The molecule has 0 saturated carbocycles. The monoisotopic (exact) mass is 425 g/mol. The first-order chi connectivity index (χ1) is 15.1. The molecule has 2 N–H and O–H groups in total. The first kappa shape index (κ1) is 22.1. The molecular formula is C23H27N3O5. The van der Waals surface area contributed by atoms with Crippen molar-refractivity contribution in [1.29, 1.82) is 0 Å². The van der Waals surface area contributed by atoms with Gasteiger partial charge in [-0.1, -0.05) is 18.2 Å². The van der Waals surface area contributed by atoms with E-state index in [2.05, 4.69) is 10.6 Å². The van der Waals surface area contributed by atoms with Gasteiger partial charge in [0.05, 0.1) is 7.11 Å². The van der Waals surface area contributed by atoms with Gasteiger partial charge in [-0.2, -0.15) is 0 Å². The summed E-state index contributed by atoms with van der Waals surface area (Å²) in [6.45, 7) is 0.989. The van der Waals surface area contributed by atoms with E-state index in [-0.39, 0.29) is 37.4 Å². The van der Waals surface area contributed by atoms with Crippen LogP contribution in [0, 0.1) is 0 Å². The average molecular weight is 425 g/mol. The number of rotatable bonds is 9. The Kier molecular flexibility index (Phi) is 7.86. The Morgan fingerprint density at radius 1 is 0.968 bits per heavy atom. The molecule has 0 unspecified atom stereocenters. The summed E-state index contributed by atoms with van der Waals surface area (Å²) in [5.74, 6) is 0.628. The van der Waals surface area contributed by atoms with Crippen LogP contribution in [0.1, 0.15) is 23.2 Å². The van der Waals surface area contributed by atoms with Gasteiger partial charge in [-0.05, 0) is 49.2 Å². The summed E-state index contributed by atoms with van der Waals surface area (Å²) in [6, 6.07) is 15.4. The second-order valence-corrected chi connectivity index (χ2v) is 7.12. The Bertz CT molecular complexity index is 886. The zero-order chi connectivity index (χ0) is 22.1. The standard InChI is InChI=1S/C23H27N3O5/c1-30-18-11-9-17(10-12-18)22(28)24-13-14-25-23(29)20-8-5-15-26(20)21(27)16-31-19-6-3-2-4-7-19/h2-4,6-7,9-12,20H,5,8,13-16H2,1H3,(H,24,28)(H,25,29)/t20-/m1/s1. The molecule has 164 valence electrons. The number of benzene rings is 2. The Morgan fingerprint density at radius 3 is 2.39 bits per heavy atom. The van der Waals surface area contributed by atoms with Gasteiger partial charge in [-0.25, -0.2) is 0 Å². The van der Waals surface area contributed by atoms with E-state index in [4.69, 9.17) is 9.47 Å². The third-order valence-electron chi connectivity index (χ3n) is 5.04. The molecule has 3 rings (SSSR count). The van der Waals surface area contributed by atoms with Crippen molar-refractivity contribution < 1.29 is 23.9 Å². The fraction of sp³-hybridized carbons (Fsp3) is 0.348. The molecule has 1 aliphatic rings. The van der Waals surface area contributed by atoms with Crippen molar-refractivity contribution in [1.82, 2.24) is 15.5 Å². The van der Waals surface area contributed by atoms with Gasteiger partial charge in [0.25, 0.3) is 11.8 Å². The molecule has 0 spiro atoms. The number of carbonyl (C=O) groups is 3. The second kappa shape index (κ2) is 11.0. The van der Waals surface area contributed by atoms with E-state index in [1.807, 2.05) is 18.2 Å². The summed E-state index contributed by atoms with van der Waals surface area (Å²) in [5, 5.41) is 5.56. The third kappa shape index (κ3) is 6.21. The minimum Gasteiger partial charge on any atom is -0.497 e. The van der Waals surface area contributed by atoms with Crippen LogP contribution < -0.4 is 20.1 Å². The zero-order valence-electron chi connectivity index (χ0n) is 17.5. The number of ether oxygens (including phenoxy) is 2. The van der Waals surface area contributed by atoms with Gasteiger partial charge in [-0.15, -0.1) is 0 Å². The normalized spacial score (nSPS) is 15.3. The van der Waals surface area contributed by atoms with Crippen LogP contribution in [0.3, 0.4) is 0 Å².